The summed E-state index contributed by atoms with van der Waals surface area (Å²) < 4.78 is 5.87. The van der Waals surface area contributed by atoms with Crippen LogP contribution in [0.25, 0.3) is 5.76 Å². The first-order valence-corrected chi connectivity index (χ1v) is 10.0. The van der Waals surface area contributed by atoms with E-state index in [2.05, 4.69) is 4.99 Å². The first-order valence-electron chi connectivity index (χ1n) is 9.27. The van der Waals surface area contributed by atoms with E-state index < -0.39 is 18.2 Å². The highest BCUT2D eigenvalue weighted by molar-refractivity contribution is 6.30. The fraction of sp³-hybridized carbons (Fsp3) is 0.190. The fourth-order valence-electron chi connectivity index (χ4n) is 3.79. The van der Waals surface area contributed by atoms with E-state index in [9.17, 15) is 9.59 Å². The molecule has 5 rings (SSSR count). The number of likely N-dealkylation sites (N-methyl/N-ethyl adjacent to an activating group) is 1. The second kappa shape index (κ2) is 7.04. The molecule has 30 heavy (non-hydrogen) atoms. The van der Waals surface area contributed by atoms with Crippen molar-refractivity contribution < 1.29 is 14.3 Å². The van der Waals surface area contributed by atoms with Gasteiger partial charge in [0.2, 0.25) is 0 Å². The third kappa shape index (κ3) is 3.02. The summed E-state index contributed by atoms with van der Waals surface area (Å²) in [5, 5.41) is 1.17. The summed E-state index contributed by atoms with van der Waals surface area (Å²) in [6.45, 7) is 0.129. The summed E-state index contributed by atoms with van der Waals surface area (Å²) in [5.74, 6) is 0.233. The van der Waals surface area contributed by atoms with Crippen molar-refractivity contribution in [1.29, 1.82) is 0 Å². The van der Waals surface area contributed by atoms with E-state index in [-0.39, 0.29) is 12.5 Å². The number of aliphatic imine (C=N–C) groups is 1. The highest BCUT2D eigenvalue weighted by Crippen LogP contribution is 2.36. The van der Waals surface area contributed by atoms with Crippen LogP contribution in [0.1, 0.15) is 11.1 Å². The van der Waals surface area contributed by atoms with E-state index in [1.54, 1.807) is 48.5 Å². The monoisotopic (exact) mass is 442 g/mol. The molecule has 7 nitrogen and oxygen atoms in total. The zero-order chi connectivity index (χ0) is 21.0. The molecule has 9 heteroatoms. The minimum Gasteiger partial charge on any atom is -0.423 e. The number of amidine groups is 1. The van der Waals surface area contributed by atoms with Gasteiger partial charge in [-0.05, 0) is 42.0 Å². The topological polar surface area (TPSA) is 65.5 Å². The van der Waals surface area contributed by atoms with E-state index in [4.69, 9.17) is 27.9 Å². The molecular weight excluding hydrogens is 427 g/mol. The maximum atomic E-state index is 13.3. The average molecular weight is 443 g/mol. The Balaban J connectivity index is 1.44. The smallest absolute Gasteiger partial charge is 0.328 e. The Hall–Kier alpha value is -3.03. The van der Waals surface area contributed by atoms with Crippen LogP contribution >= 0.6 is 23.2 Å². The number of amides is 3. The molecule has 2 aromatic rings. The van der Waals surface area contributed by atoms with Gasteiger partial charge in [-0.1, -0.05) is 35.3 Å². The van der Waals surface area contributed by atoms with Gasteiger partial charge in [0.15, 0.2) is 18.0 Å². The predicted octanol–water partition coefficient (Wildman–Crippen LogP) is 3.78. The van der Waals surface area contributed by atoms with Crippen molar-refractivity contribution in [2.24, 2.45) is 4.99 Å². The lowest BCUT2D eigenvalue weighted by Gasteiger charge is -2.39. The number of imide groups is 1. The average Bonchev–Trinajstić information content (AvgIpc) is 3.28. The summed E-state index contributed by atoms with van der Waals surface area (Å²) >= 11 is 12.0. The number of hydrogen-bond donors (Lipinski definition) is 0. The number of fused-ring (bicyclic) bond motifs is 3. The van der Waals surface area contributed by atoms with Crippen molar-refractivity contribution in [3.05, 3.63) is 75.9 Å². The number of ether oxygens (including phenoxy) is 1. The second-order valence-electron chi connectivity index (χ2n) is 7.23. The van der Waals surface area contributed by atoms with Crippen molar-refractivity contribution in [2.75, 3.05) is 7.05 Å². The van der Waals surface area contributed by atoms with Crippen molar-refractivity contribution in [2.45, 2.75) is 18.8 Å². The standard InChI is InChI=1S/C21H16Cl2N4O3/c1-25-18-17(19(28)27(21(25)29)10-12-3-2-4-15(23)9-12)26-11-16(30-20(26)24-18)13-5-7-14(22)8-6-13/h2-9,11,17-18H,10H2,1H3. The van der Waals surface area contributed by atoms with Crippen LogP contribution in [0.2, 0.25) is 10.0 Å². The number of nitrogens with zero attached hydrogens (tertiary/aromatic N) is 4. The number of hydrogen-bond acceptors (Lipinski definition) is 5. The lowest BCUT2D eigenvalue weighted by atomic mass is 10.1. The molecule has 3 aliphatic rings. The Morgan fingerprint density at radius 3 is 2.57 bits per heavy atom. The summed E-state index contributed by atoms with van der Waals surface area (Å²) in [5.41, 5.74) is 1.58. The fourth-order valence-corrected chi connectivity index (χ4v) is 4.13. The molecule has 2 aromatic carbocycles. The van der Waals surface area contributed by atoms with Crippen LogP contribution in [-0.4, -0.2) is 51.9 Å². The van der Waals surface area contributed by atoms with Crippen molar-refractivity contribution >= 4 is 46.9 Å². The molecule has 0 radical (unpaired) electrons. The zero-order valence-corrected chi connectivity index (χ0v) is 17.3. The number of carbonyl (C=O) groups is 2. The van der Waals surface area contributed by atoms with E-state index >= 15 is 0 Å². The Kier molecular flexibility index (Phi) is 4.45. The lowest BCUT2D eigenvalue weighted by Crippen LogP contribution is -2.63. The van der Waals surface area contributed by atoms with Gasteiger partial charge in [-0.2, -0.15) is 0 Å². The van der Waals surface area contributed by atoms with E-state index in [1.807, 2.05) is 18.2 Å². The number of urea groups is 1. The van der Waals surface area contributed by atoms with Crippen LogP contribution in [0.3, 0.4) is 0 Å². The molecule has 1 fully saturated rings. The van der Waals surface area contributed by atoms with Gasteiger partial charge in [-0.3, -0.25) is 14.6 Å². The minimum absolute atomic E-state index is 0.129. The van der Waals surface area contributed by atoms with Gasteiger partial charge in [-0.25, -0.2) is 9.79 Å². The molecule has 3 aliphatic heterocycles. The molecule has 3 heterocycles. The highest BCUT2D eigenvalue weighted by atomic mass is 35.5. The Labute approximate surface area is 182 Å². The van der Waals surface area contributed by atoms with Crippen molar-refractivity contribution in [1.82, 2.24) is 14.7 Å². The maximum absolute atomic E-state index is 13.3. The van der Waals surface area contributed by atoms with Crippen molar-refractivity contribution in [3.63, 3.8) is 0 Å². The third-order valence-electron chi connectivity index (χ3n) is 5.31. The van der Waals surface area contributed by atoms with Gasteiger partial charge < -0.3 is 9.64 Å². The number of carbonyl (C=O) groups excluding carboxylic acids is 2. The Morgan fingerprint density at radius 2 is 1.83 bits per heavy atom. The molecule has 0 aromatic heterocycles. The molecule has 2 unspecified atom stereocenters. The number of benzene rings is 2. The molecule has 2 atom stereocenters. The Morgan fingerprint density at radius 1 is 1.07 bits per heavy atom. The quantitative estimate of drug-likeness (QED) is 0.725. The molecule has 0 bridgehead atoms. The molecule has 3 amide bonds. The summed E-state index contributed by atoms with van der Waals surface area (Å²) in [6.07, 6.45) is 1.10. The van der Waals surface area contributed by atoms with Gasteiger partial charge in [0.1, 0.15) is 0 Å². The second-order valence-corrected chi connectivity index (χ2v) is 8.10. The van der Waals surface area contributed by atoms with Gasteiger partial charge in [0, 0.05) is 22.7 Å². The first-order chi connectivity index (χ1) is 14.4. The Bertz CT molecular complexity index is 1120. The van der Waals surface area contributed by atoms with Crippen LogP contribution < -0.4 is 0 Å². The molecule has 0 spiro atoms. The highest BCUT2D eigenvalue weighted by Gasteiger charge is 2.54. The minimum atomic E-state index is -0.688. The molecule has 152 valence electrons. The summed E-state index contributed by atoms with van der Waals surface area (Å²) in [7, 11) is 1.63. The largest absolute Gasteiger partial charge is 0.423 e. The first kappa shape index (κ1) is 19.0. The van der Waals surface area contributed by atoms with E-state index in [0.29, 0.717) is 21.8 Å². The van der Waals surface area contributed by atoms with E-state index in [0.717, 1.165) is 11.1 Å². The molecule has 0 saturated carbocycles. The third-order valence-corrected chi connectivity index (χ3v) is 5.80. The normalized spacial score (nSPS) is 22.6. The SMILES string of the molecule is CN1C(=O)N(Cc2cccc(Cl)c2)C(=O)C2C1N=C1OC(c3ccc(Cl)cc3)=CN12. The van der Waals surface area contributed by atoms with E-state index in [1.165, 1.54) is 9.80 Å². The van der Waals surface area contributed by atoms with Crippen LogP contribution in [-0.2, 0) is 16.1 Å². The van der Waals surface area contributed by atoms with Gasteiger partial charge >= 0.3 is 6.03 Å². The zero-order valence-electron chi connectivity index (χ0n) is 15.8. The summed E-state index contributed by atoms with van der Waals surface area (Å²) in [4.78, 5) is 35.0. The van der Waals surface area contributed by atoms with Crippen molar-refractivity contribution in [3.8, 4) is 0 Å². The number of rotatable bonds is 3. The maximum Gasteiger partial charge on any atom is 0.328 e. The summed E-state index contributed by atoms with van der Waals surface area (Å²) in [6, 6.07) is 13.5. The van der Waals surface area contributed by atoms with Gasteiger partial charge in [-0.15, -0.1) is 0 Å². The van der Waals surface area contributed by atoms with Gasteiger partial charge in [0.05, 0.1) is 12.7 Å². The van der Waals surface area contributed by atoms with Crippen LogP contribution in [0.15, 0.2) is 59.7 Å². The van der Waals surface area contributed by atoms with Gasteiger partial charge in [0.25, 0.3) is 11.9 Å². The number of halogens is 2. The lowest BCUT2D eigenvalue weighted by molar-refractivity contribution is -0.137. The molecule has 0 N–H and O–H groups in total. The van der Waals surface area contributed by atoms with Crippen LogP contribution in [0.5, 0.6) is 0 Å². The molecule has 1 saturated heterocycles. The predicted molar refractivity (Wildman–Crippen MR) is 113 cm³/mol. The molecule has 0 aliphatic carbocycles. The van der Waals surface area contributed by atoms with Crippen LogP contribution in [0, 0.1) is 0 Å². The van der Waals surface area contributed by atoms with Crippen LogP contribution in [0.4, 0.5) is 4.79 Å². The molecular formula is C21H16Cl2N4O3.